The summed E-state index contributed by atoms with van der Waals surface area (Å²) in [5.41, 5.74) is 0. The SMILES string of the molecule is CC(F)CCOc1ccccc1. The summed E-state index contributed by atoms with van der Waals surface area (Å²) < 4.78 is 17.6. The minimum absolute atomic E-state index is 0.446. The predicted octanol–water partition coefficient (Wildman–Crippen LogP) is 2.81. The molecule has 1 aromatic carbocycles. The maximum absolute atomic E-state index is 12.3. The molecule has 0 fully saturated rings. The summed E-state index contributed by atoms with van der Waals surface area (Å²) in [5.74, 6) is 0.804. The fraction of sp³-hybridized carbons (Fsp3) is 0.400. The molecule has 0 heterocycles. The van der Waals surface area contributed by atoms with Crippen molar-refractivity contribution < 1.29 is 9.13 Å². The van der Waals surface area contributed by atoms with E-state index in [1.165, 1.54) is 6.92 Å². The Morgan fingerprint density at radius 1 is 1.33 bits per heavy atom. The van der Waals surface area contributed by atoms with Gasteiger partial charge < -0.3 is 4.74 Å². The molecule has 0 aliphatic heterocycles. The van der Waals surface area contributed by atoms with Gasteiger partial charge in [-0.15, -0.1) is 0 Å². The fourth-order valence-electron chi connectivity index (χ4n) is 0.856. The van der Waals surface area contributed by atoms with Crippen molar-refractivity contribution in [1.82, 2.24) is 0 Å². The minimum atomic E-state index is -0.784. The summed E-state index contributed by atoms with van der Waals surface area (Å²) in [6.07, 6.45) is -0.330. The average Bonchev–Trinajstić information content (AvgIpc) is 2.05. The maximum atomic E-state index is 12.3. The first kappa shape index (κ1) is 9.04. The van der Waals surface area contributed by atoms with E-state index >= 15 is 0 Å². The van der Waals surface area contributed by atoms with E-state index in [2.05, 4.69) is 0 Å². The highest BCUT2D eigenvalue weighted by molar-refractivity contribution is 5.20. The molecule has 0 radical (unpaired) electrons. The van der Waals surface area contributed by atoms with E-state index in [-0.39, 0.29) is 0 Å². The lowest BCUT2D eigenvalue weighted by molar-refractivity contribution is 0.247. The number of para-hydroxylation sites is 1. The van der Waals surface area contributed by atoms with Crippen LogP contribution < -0.4 is 4.74 Å². The smallest absolute Gasteiger partial charge is 0.119 e. The lowest BCUT2D eigenvalue weighted by Gasteiger charge is -2.05. The third-order valence-corrected chi connectivity index (χ3v) is 1.53. The second-order valence-electron chi connectivity index (χ2n) is 2.73. The van der Waals surface area contributed by atoms with Crippen molar-refractivity contribution in [3.8, 4) is 5.75 Å². The minimum Gasteiger partial charge on any atom is -0.493 e. The number of benzene rings is 1. The monoisotopic (exact) mass is 168 g/mol. The van der Waals surface area contributed by atoms with Crippen LogP contribution in [0.2, 0.25) is 0 Å². The van der Waals surface area contributed by atoms with Crippen LogP contribution in [0.4, 0.5) is 4.39 Å². The van der Waals surface area contributed by atoms with E-state index in [0.717, 1.165) is 5.75 Å². The summed E-state index contributed by atoms with van der Waals surface area (Å²) in [6, 6.07) is 9.44. The molecule has 0 bridgehead atoms. The number of rotatable bonds is 4. The summed E-state index contributed by atoms with van der Waals surface area (Å²) in [5, 5.41) is 0. The van der Waals surface area contributed by atoms with Crippen LogP contribution in [0.3, 0.4) is 0 Å². The molecule has 2 heteroatoms. The van der Waals surface area contributed by atoms with Crippen LogP contribution in [0, 0.1) is 0 Å². The second kappa shape index (κ2) is 4.75. The van der Waals surface area contributed by atoms with E-state index in [1.54, 1.807) is 0 Å². The van der Waals surface area contributed by atoms with Crippen LogP contribution in [0.5, 0.6) is 5.75 Å². The van der Waals surface area contributed by atoms with Crippen molar-refractivity contribution in [2.45, 2.75) is 19.5 Å². The van der Waals surface area contributed by atoms with Crippen LogP contribution in [0.15, 0.2) is 30.3 Å². The maximum Gasteiger partial charge on any atom is 0.119 e. The van der Waals surface area contributed by atoms with Crippen LogP contribution >= 0.6 is 0 Å². The van der Waals surface area contributed by atoms with Crippen molar-refractivity contribution in [2.75, 3.05) is 6.61 Å². The van der Waals surface area contributed by atoms with E-state index in [9.17, 15) is 4.39 Å². The first-order chi connectivity index (χ1) is 5.79. The lowest BCUT2D eigenvalue weighted by Crippen LogP contribution is -2.03. The summed E-state index contributed by atoms with van der Waals surface area (Å²) in [6.45, 7) is 1.98. The molecule has 0 aliphatic rings. The van der Waals surface area contributed by atoms with Crippen molar-refractivity contribution in [2.24, 2.45) is 0 Å². The normalized spacial score (nSPS) is 12.5. The number of hydrogen-bond acceptors (Lipinski definition) is 1. The van der Waals surface area contributed by atoms with Gasteiger partial charge in [-0.2, -0.15) is 0 Å². The Morgan fingerprint density at radius 3 is 2.58 bits per heavy atom. The van der Waals surface area contributed by atoms with Crippen molar-refractivity contribution in [3.05, 3.63) is 30.3 Å². The highest BCUT2D eigenvalue weighted by atomic mass is 19.1. The molecule has 1 atom stereocenters. The zero-order valence-corrected chi connectivity index (χ0v) is 7.16. The number of alkyl halides is 1. The van der Waals surface area contributed by atoms with E-state index in [1.807, 2.05) is 30.3 Å². The van der Waals surface area contributed by atoms with Gasteiger partial charge in [-0.3, -0.25) is 0 Å². The largest absolute Gasteiger partial charge is 0.493 e. The highest BCUT2D eigenvalue weighted by Gasteiger charge is 1.97. The van der Waals surface area contributed by atoms with Crippen LogP contribution in [0.1, 0.15) is 13.3 Å². The molecule has 0 amide bonds. The first-order valence-corrected chi connectivity index (χ1v) is 4.11. The highest BCUT2D eigenvalue weighted by Crippen LogP contribution is 2.09. The lowest BCUT2D eigenvalue weighted by atomic mass is 10.3. The third kappa shape index (κ3) is 3.37. The van der Waals surface area contributed by atoms with E-state index in [4.69, 9.17) is 4.74 Å². The molecule has 1 nitrogen and oxygen atoms in total. The number of ether oxygens (including phenoxy) is 1. The summed E-state index contributed by atoms with van der Waals surface area (Å²) in [4.78, 5) is 0. The first-order valence-electron chi connectivity index (χ1n) is 4.11. The van der Waals surface area contributed by atoms with Gasteiger partial charge >= 0.3 is 0 Å². The Labute approximate surface area is 72.2 Å². The van der Waals surface area contributed by atoms with Crippen molar-refractivity contribution >= 4 is 0 Å². The number of halogens is 1. The topological polar surface area (TPSA) is 9.23 Å². The van der Waals surface area contributed by atoms with Gasteiger partial charge in [-0.1, -0.05) is 18.2 Å². The predicted molar refractivity (Wildman–Crippen MR) is 47.1 cm³/mol. The van der Waals surface area contributed by atoms with Gasteiger partial charge in [-0.25, -0.2) is 4.39 Å². The van der Waals surface area contributed by atoms with Gasteiger partial charge in [0.1, 0.15) is 11.9 Å². The van der Waals surface area contributed by atoms with Crippen molar-refractivity contribution in [3.63, 3.8) is 0 Å². The van der Waals surface area contributed by atoms with Gasteiger partial charge in [-0.05, 0) is 19.1 Å². The van der Waals surface area contributed by atoms with Gasteiger partial charge in [0, 0.05) is 6.42 Å². The standard InChI is InChI=1S/C10H13FO/c1-9(11)7-8-12-10-5-3-2-4-6-10/h2-6,9H,7-8H2,1H3. The van der Waals surface area contributed by atoms with Gasteiger partial charge in [0.2, 0.25) is 0 Å². The van der Waals surface area contributed by atoms with Crippen molar-refractivity contribution in [1.29, 1.82) is 0 Å². The number of hydrogen-bond donors (Lipinski definition) is 0. The summed E-state index contributed by atoms with van der Waals surface area (Å²) in [7, 11) is 0. The third-order valence-electron chi connectivity index (χ3n) is 1.53. The van der Waals surface area contributed by atoms with Crippen LogP contribution in [-0.2, 0) is 0 Å². The molecule has 12 heavy (non-hydrogen) atoms. The molecular weight excluding hydrogens is 155 g/mol. The van der Waals surface area contributed by atoms with E-state index in [0.29, 0.717) is 13.0 Å². The zero-order valence-electron chi connectivity index (χ0n) is 7.16. The van der Waals surface area contributed by atoms with E-state index < -0.39 is 6.17 Å². The Kier molecular flexibility index (Phi) is 3.58. The molecular formula is C10H13FO. The van der Waals surface area contributed by atoms with Crippen LogP contribution in [0.25, 0.3) is 0 Å². The average molecular weight is 168 g/mol. The van der Waals surface area contributed by atoms with Gasteiger partial charge in [0.15, 0.2) is 0 Å². The molecule has 0 spiro atoms. The second-order valence-corrected chi connectivity index (χ2v) is 2.73. The summed E-state index contributed by atoms with van der Waals surface area (Å²) >= 11 is 0. The Hall–Kier alpha value is -1.05. The Bertz CT molecular complexity index is 208. The Balaban J connectivity index is 2.25. The molecule has 0 aromatic heterocycles. The molecule has 0 aliphatic carbocycles. The fourth-order valence-corrected chi connectivity index (χ4v) is 0.856. The molecule has 1 unspecified atom stereocenters. The molecule has 1 rings (SSSR count). The zero-order chi connectivity index (χ0) is 8.81. The molecule has 0 saturated carbocycles. The molecule has 1 aromatic rings. The quantitative estimate of drug-likeness (QED) is 0.671. The molecule has 0 saturated heterocycles. The van der Waals surface area contributed by atoms with Gasteiger partial charge in [0.25, 0.3) is 0 Å². The molecule has 0 N–H and O–H groups in total. The molecule has 66 valence electrons. The van der Waals surface area contributed by atoms with Crippen LogP contribution in [-0.4, -0.2) is 12.8 Å². The van der Waals surface area contributed by atoms with Gasteiger partial charge in [0.05, 0.1) is 6.61 Å². The Morgan fingerprint density at radius 2 is 2.00 bits per heavy atom.